The van der Waals surface area contributed by atoms with Crippen molar-refractivity contribution in [2.45, 2.75) is 0 Å². The highest BCUT2D eigenvalue weighted by Crippen LogP contribution is 2.26. The van der Waals surface area contributed by atoms with Gasteiger partial charge >= 0.3 is 0 Å². The van der Waals surface area contributed by atoms with Crippen LogP contribution in [0.1, 0.15) is 10.4 Å². The number of anilines is 1. The minimum atomic E-state index is -0.307. The molecule has 0 atom stereocenters. The lowest BCUT2D eigenvalue weighted by atomic mass is 10.1. The van der Waals surface area contributed by atoms with E-state index >= 15 is 0 Å². The minimum Gasteiger partial charge on any atom is -0.497 e. The van der Waals surface area contributed by atoms with Crippen LogP contribution < -0.4 is 14.8 Å². The first kappa shape index (κ1) is 15.5. The maximum atomic E-state index is 12.7. The number of hydrogen-bond donors (Lipinski definition) is 1. The zero-order chi connectivity index (χ0) is 16.9. The maximum Gasteiger partial charge on any atom is 0.259 e. The van der Waals surface area contributed by atoms with Gasteiger partial charge in [-0.15, -0.1) is 0 Å². The van der Waals surface area contributed by atoms with Crippen LogP contribution in [0.3, 0.4) is 0 Å². The number of para-hydroxylation sites is 2. The van der Waals surface area contributed by atoms with Crippen LogP contribution in [0.15, 0.2) is 55.1 Å². The molecular formula is C17H16N4O3. The Labute approximate surface area is 138 Å². The van der Waals surface area contributed by atoms with E-state index in [1.165, 1.54) is 13.4 Å². The van der Waals surface area contributed by atoms with Crippen molar-refractivity contribution in [1.29, 1.82) is 0 Å². The average molecular weight is 324 g/mol. The first-order valence-electron chi connectivity index (χ1n) is 7.20. The maximum absolute atomic E-state index is 12.7. The molecular weight excluding hydrogens is 308 g/mol. The van der Waals surface area contributed by atoms with Gasteiger partial charge in [0.05, 0.1) is 31.2 Å². The highest BCUT2D eigenvalue weighted by molar-refractivity contribution is 6.07. The van der Waals surface area contributed by atoms with Crippen LogP contribution >= 0.6 is 0 Å². The fraction of sp³-hybridized carbons (Fsp3) is 0.118. The quantitative estimate of drug-likeness (QED) is 0.780. The van der Waals surface area contributed by atoms with E-state index in [1.807, 2.05) is 18.2 Å². The molecule has 122 valence electrons. The van der Waals surface area contributed by atoms with Gasteiger partial charge in [0.1, 0.15) is 24.2 Å². The van der Waals surface area contributed by atoms with E-state index in [0.717, 1.165) is 0 Å². The molecule has 0 aliphatic carbocycles. The summed E-state index contributed by atoms with van der Waals surface area (Å²) in [5.74, 6) is 0.732. The minimum absolute atomic E-state index is 0.307. The highest BCUT2D eigenvalue weighted by atomic mass is 16.5. The van der Waals surface area contributed by atoms with Gasteiger partial charge in [0.25, 0.3) is 5.91 Å². The number of ether oxygens (including phenoxy) is 2. The summed E-state index contributed by atoms with van der Waals surface area (Å²) >= 11 is 0. The molecule has 24 heavy (non-hydrogen) atoms. The first-order valence-corrected chi connectivity index (χ1v) is 7.20. The lowest BCUT2D eigenvalue weighted by Crippen LogP contribution is -2.15. The van der Waals surface area contributed by atoms with Crippen molar-refractivity contribution >= 4 is 11.6 Å². The lowest BCUT2D eigenvalue weighted by molar-refractivity contribution is 0.102. The van der Waals surface area contributed by atoms with E-state index in [9.17, 15) is 4.79 Å². The summed E-state index contributed by atoms with van der Waals surface area (Å²) in [5, 5.41) is 6.98. The van der Waals surface area contributed by atoms with E-state index in [0.29, 0.717) is 28.4 Å². The summed E-state index contributed by atoms with van der Waals surface area (Å²) < 4.78 is 12.0. The molecule has 7 nitrogen and oxygen atoms in total. The Bertz CT molecular complexity index is 847. The molecule has 3 aromatic rings. The number of rotatable bonds is 5. The Hall–Kier alpha value is -3.35. The smallest absolute Gasteiger partial charge is 0.259 e. The molecule has 0 fully saturated rings. The predicted molar refractivity (Wildman–Crippen MR) is 88.9 cm³/mol. The van der Waals surface area contributed by atoms with Gasteiger partial charge in [-0.05, 0) is 30.3 Å². The van der Waals surface area contributed by atoms with Crippen LogP contribution in [0, 0.1) is 0 Å². The topological polar surface area (TPSA) is 78.3 Å². The normalized spacial score (nSPS) is 10.2. The van der Waals surface area contributed by atoms with Gasteiger partial charge in [-0.3, -0.25) is 4.79 Å². The number of aromatic nitrogens is 3. The zero-order valence-corrected chi connectivity index (χ0v) is 13.3. The second-order valence-corrected chi connectivity index (χ2v) is 4.88. The SMILES string of the molecule is COc1ccc(OC)c(C(=O)Nc2ccccc2-n2cncn2)c1. The standard InChI is InChI=1S/C17H16N4O3/c1-23-12-7-8-16(24-2)13(9-12)17(22)20-14-5-3-4-6-15(14)21-11-18-10-19-21/h3-11H,1-2H3,(H,20,22). The molecule has 2 aromatic carbocycles. The Balaban J connectivity index is 1.94. The zero-order valence-electron chi connectivity index (χ0n) is 13.3. The number of hydrogen-bond acceptors (Lipinski definition) is 5. The van der Waals surface area contributed by atoms with E-state index in [4.69, 9.17) is 9.47 Å². The van der Waals surface area contributed by atoms with Gasteiger partial charge in [0, 0.05) is 0 Å². The molecule has 7 heteroatoms. The van der Waals surface area contributed by atoms with E-state index in [2.05, 4.69) is 15.4 Å². The summed E-state index contributed by atoms with van der Waals surface area (Å²) in [6.07, 6.45) is 3.00. The number of benzene rings is 2. The highest BCUT2D eigenvalue weighted by Gasteiger charge is 2.16. The summed E-state index contributed by atoms with van der Waals surface area (Å²) in [5.41, 5.74) is 1.70. The first-order chi connectivity index (χ1) is 11.7. The Morgan fingerprint density at radius 1 is 1.12 bits per heavy atom. The van der Waals surface area contributed by atoms with Crippen molar-refractivity contribution in [1.82, 2.24) is 14.8 Å². The molecule has 0 saturated carbocycles. The number of carbonyl (C=O) groups is 1. The van der Waals surface area contributed by atoms with Crippen LogP contribution in [-0.2, 0) is 0 Å². The van der Waals surface area contributed by atoms with Gasteiger partial charge < -0.3 is 14.8 Å². The third-order valence-corrected chi connectivity index (χ3v) is 3.47. The fourth-order valence-electron chi connectivity index (χ4n) is 2.29. The van der Waals surface area contributed by atoms with Crippen LogP contribution in [0.4, 0.5) is 5.69 Å². The van der Waals surface area contributed by atoms with Crippen molar-refractivity contribution in [3.63, 3.8) is 0 Å². The van der Waals surface area contributed by atoms with Crippen LogP contribution in [0.25, 0.3) is 5.69 Å². The van der Waals surface area contributed by atoms with Crippen molar-refractivity contribution in [2.75, 3.05) is 19.5 Å². The van der Waals surface area contributed by atoms with Gasteiger partial charge in [0.2, 0.25) is 0 Å². The van der Waals surface area contributed by atoms with E-state index < -0.39 is 0 Å². The predicted octanol–water partition coefficient (Wildman–Crippen LogP) is 2.54. The molecule has 0 unspecified atom stereocenters. The van der Waals surface area contributed by atoms with Gasteiger partial charge in [-0.1, -0.05) is 12.1 Å². The molecule has 0 radical (unpaired) electrons. The van der Waals surface area contributed by atoms with Crippen LogP contribution in [-0.4, -0.2) is 34.9 Å². The molecule has 0 bridgehead atoms. The summed E-state index contributed by atoms with van der Waals surface area (Å²) in [6, 6.07) is 12.4. The summed E-state index contributed by atoms with van der Waals surface area (Å²) in [7, 11) is 3.06. The van der Waals surface area contributed by atoms with Crippen molar-refractivity contribution < 1.29 is 14.3 Å². The number of methoxy groups -OCH3 is 2. The Kier molecular flexibility index (Phi) is 4.42. The van der Waals surface area contributed by atoms with E-state index in [-0.39, 0.29) is 5.91 Å². The van der Waals surface area contributed by atoms with Crippen molar-refractivity contribution in [2.24, 2.45) is 0 Å². The van der Waals surface area contributed by atoms with Crippen molar-refractivity contribution in [3.8, 4) is 17.2 Å². The number of amides is 1. The average Bonchev–Trinajstić information content (AvgIpc) is 3.16. The van der Waals surface area contributed by atoms with Crippen LogP contribution in [0.2, 0.25) is 0 Å². The second-order valence-electron chi connectivity index (χ2n) is 4.88. The summed E-state index contributed by atoms with van der Waals surface area (Å²) in [6.45, 7) is 0. The molecule has 1 heterocycles. The largest absolute Gasteiger partial charge is 0.497 e. The molecule has 0 aliphatic heterocycles. The third-order valence-electron chi connectivity index (χ3n) is 3.47. The number of carbonyl (C=O) groups excluding carboxylic acids is 1. The molecule has 0 saturated heterocycles. The van der Waals surface area contributed by atoms with E-state index in [1.54, 1.807) is 42.4 Å². The van der Waals surface area contributed by atoms with Crippen LogP contribution in [0.5, 0.6) is 11.5 Å². The molecule has 1 aromatic heterocycles. The van der Waals surface area contributed by atoms with Gasteiger partial charge in [-0.25, -0.2) is 9.67 Å². The van der Waals surface area contributed by atoms with Gasteiger partial charge in [-0.2, -0.15) is 5.10 Å². The second kappa shape index (κ2) is 6.82. The molecule has 3 rings (SSSR count). The molecule has 1 N–H and O–H groups in total. The molecule has 0 aliphatic rings. The Morgan fingerprint density at radius 2 is 1.96 bits per heavy atom. The third kappa shape index (κ3) is 3.05. The fourth-order valence-corrected chi connectivity index (χ4v) is 2.29. The monoisotopic (exact) mass is 324 g/mol. The Morgan fingerprint density at radius 3 is 2.67 bits per heavy atom. The lowest BCUT2D eigenvalue weighted by Gasteiger charge is -2.13. The van der Waals surface area contributed by atoms with Gasteiger partial charge in [0.15, 0.2) is 0 Å². The summed E-state index contributed by atoms with van der Waals surface area (Å²) in [4.78, 5) is 16.6. The van der Waals surface area contributed by atoms with Crippen molar-refractivity contribution in [3.05, 3.63) is 60.7 Å². The molecule has 1 amide bonds. The number of nitrogens with one attached hydrogen (secondary N) is 1. The molecule has 0 spiro atoms. The number of nitrogens with zero attached hydrogens (tertiary/aromatic N) is 3.